The molecule has 2 aromatic carbocycles. The first-order chi connectivity index (χ1) is 13.7. The number of para-hydroxylation sites is 1. The normalized spacial score (nSPS) is 10.0. The molecule has 0 spiro atoms. The first-order valence-corrected chi connectivity index (χ1v) is 8.93. The van der Waals surface area contributed by atoms with Gasteiger partial charge in [-0.1, -0.05) is 36.1 Å². The number of carbonyl (C=O) groups is 1. The Morgan fingerprint density at radius 2 is 2.07 bits per heavy atom. The highest BCUT2D eigenvalue weighted by Crippen LogP contribution is 2.21. The van der Waals surface area contributed by atoms with Gasteiger partial charge < -0.3 is 19.8 Å². The van der Waals surface area contributed by atoms with Crippen LogP contribution in [0.2, 0.25) is 0 Å². The second-order valence-corrected chi connectivity index (χ2v) is 6.06. The van der Waals surface area contributed by atoms with Gasteiger partial charge in [0, 0.05) is 17.0 Å². The molecular weight excluding hydrogens is 352 g/mol. The van der Waals surface area contributed by atoms with Crippen molar-refractivity contribution in [2.75, 3.05) is 20.3 Å². The van der Waals surface area contributed by atoms with Crippen molar-refractivity contribution in [3.8, 4) is 23.3 Å². The molecule has 0 radical (unpaired) electrons. The Kier molecular flexibility index (Phi) is 6.37. The number of amides is 1. The number of carbonyl (C=O) groups excluding carboxylic acids is 1. The Labute approximate surface area is 164 Å². The average molecular weight is 374 g/mol. The summed E-state index contributed by atoms with van der Waals surface area (Å²) >= 11 is 0. The van der Waals surface area contributed by atoms with Crippen molar-refractivity contribution in [1.82, 2.24) is 10.3 Å². The van der Waals surface area contributed by atoms with Gasteiger partial charge in [-0.3, -0.25) is 4.79 Å². The summed E-state index contributed by atoms with van der Waals surface area (Å²) in [7, 11) is 1.61. The average Bonchev–Trinajstić information content (AvgIpc) is 3.15. The van der Waals surface area contributed by atoms with Crippen molar-refractivity contribution in [1.29, 1.82) is 0 Å². The summed E-state index contributed by atoms with van der Waals surface area (Å²) in [6, 6.07) is 15.2. The van der Waals surface area contributed by atoms with Gasteiger partial charge in [0.2, 0.25) is 0 Å². The van der Waals surface area contributed by atoms with Crippen LogP contribution in [-0.2, 0) is 6.42 Å². The van der Waals surface area contributed by atoms with E-state index in [0.29, 0.717) is 5.69 Å². The van der Waals surface area contributed by atoms with Gasteiger partial charge in [0.15, 0.2) is 0 Å². The van der Waals surface area contributed by atoms with Crippen molar-refractivity contribution in [3.63, 3.8) is 0 Å². The second-order valence-electron chi connectivity index (χ2n) is 6.06. The second kappa shape index (κ2) is 9.33. The van der Waals surface area contributed by atoms with Crippen LogP contribution in [0, 0.1) is 11.8 Å². The number of allylic oxidation sites excluding steroid dienone is 1. The van der Waals surface area contributed by atoms with Gasteiger partial charge in [0.1, 0.15) is 23.8 Å². The Hall–Kier alpha value is -3.65. The fourth-order valence-corrected chi connectivity index (χ4v) is 2.77. The minimum atomic E-state index is -0.207. The van der Waals surface area contributed by atoms with Gasteiger partial charge >= 0.3 is 0 Å². The highest BCUT2D eigenvalue weighted by atomic mass is 16.5. The molecule has 3 rings (SSSR count). The molecule has 1 amide bonds. The number of aromatic nitrogens is 1. The number of benzene rings is 2. The van der Waals surface area contributed by atoms with E-state index in [4.69, 9.17) is 9.47 Å². The molecule has 0 unspecified atom stereocenters. The van der Waals surface area contributed by atoms with E-state index >= 15 is 0 Å². The quantitative estimate of drug-likeness (QED) is 0.489. The summed E-state index contributed by atoms with van der Waals surface area (Å²) in [5.74, 6) is 7.14. The van der Waals surface area contributed by atoms with Crippen LogP contribution in [-0.4, -0.2) is 31.2 Å². The summed E-state index contributed by atoms with van der Waals surface area (Å²) < 4.78 is 10.9. The number of H-pyrrole nitrogens is 1. The van der Waals surface area contributed by atoms with E-state index in [0.717, 1.165) is 34.4 Å². The van der Waals surface area contributed by atoms with E-state index in [1.807, 2.05) is 48.5 Å². The summed E-state index contributed by atoms with van der Waals surface area (Å²) in [6.45, 7) is 4.25. The molecule has 2 N–H and O–H groups in total. The lowest BCUT2D eigenvalue weighted by Crippen LogP contribution is -2.23. The standard InChI is InChI=1S/C23H22N2O3/c1-3-8-17-9-4-5-10-22(17)28-14-7-6-13-24-23(26)21-15-18-11-12-19(27-2)16-20(18)25-21/h3-5,9-12,15-16,25H,1,8,13-14H2,2H3,(H,24,26). The number of rotatable bonds is 7. The lowest BCUT2D eigenvalue weighted by atomic mass is 10.1. The van der Waals surface area contributed by atoms with Crippen LogP contribution < -0.4 is 14.8 Å². The third-order valence-electron chi connectivity index (χ3n) is 4.17. The molecule has 28 heavy (non-hydrogen) atoms. The first kappa shape index (κ1) is 19.1. The van der Waals surface area contributed by atoms with Crippen LogP contribution in [0.1, 0.15) is 16.1 Å². The van der Waals surface area contributed by atoms with Crippen molar-refractivity contribution >= 4 is 16.8 Å². The molecule has 5 heteroatoms. The van der Waals surface area contributed by atoms with Gasteiger partial charge in [-0.15, -0.1) is 6.58 Å². The molecule has 0 saturated carbocycles. The fraction of sp³-hybridized carbons (Fsp3) is 0.174. The van der Waals surface area contributed by atoms with Crippen molar-refractivity contribution < 1.29 is 14.3 Å². The van der Waals surface area contributed by atoms with Gasteiger partial charge in [0.05, 0.1) is 13.7 Å². The summed E-state index contributed by atoms with van der Waals surface area (Å²) in [6.07, 6.45) is 2.58. The topological polar surface area (TPSA) is 63.4 Å². The zero-order valence-electron chi connectivity index (χ0n) is 15.7. The predicted molar refractivity (Wildman–Crippen MR) is 111 cm³/mol. The Morgan fingerprint density at radius 3 is 2.89 bits per heavy atom. The molecule has 0 saturated heterocycles. The zero-order chi connectivity index (χ0) is 19.8. The highest BCUT2D eigenvalue weighted by molar-refractivity contribution is 5.98. The van der Waals surface area contributed by atoms with E-state index in [-0.39, 0.29) is 19.1 Å². The number of nitrogens with one attached hydrogen (secondary N) is 2. The fourth-order valence-electron chi connectivity index (χ4n) is 2.77. The summed E-state index contributed by atoms with van der Waals surface area (Å²) in [5, 5.41) is 3.72. The number of hydrogen-bond donors (Lipinski definition) is 2. The molecule has 0 bridgehead atoms. The van der Waals surface area contributed by atoms with E-state index in [9.17, 15) is 4.79 Å². The van der Waals surface area contributed by atoms with E-state index < -0.39 is 0 Å². The third kappa shape index (κ3) is 4.74. The smallest absolute Gasteiger partial charge is 0.268 e. The number of methoxy groups -OCH3 is 1. The Bertz CT molecular complexity index is 1040. The van der Waals surface area contributed by atoms with Crippen molar-refractivity contribution in [2.24, 2.45) is 0 Å². The van der Waals surface area contributed by atoms with Crippen LogP contribution in [0.3, 0.4) is 0 Å². The van der Waals surface area contributed by atoms with Crippen LogP contribution in [0.4, 0.5) is 0 Å². The molecule has 0 atom stereocenters. The molecule has 142 valence electrons. The minimum absolute atomic E-state index is 0.207. The maximum atomic E-state index is 12.3. The van der Waals surface area contributed by atoms with E-state index in [2.05, 4.69) is 28.7 Å². The third-order valence-corrected chi connectivity index (χ3v) is 4.17. The molecule has 5 nitrogen and oxygen atoms in total. The molecular formula is C23H22N2O3. The monoisotopic (exact) mass is 374 g/mol. The zero-order valence-corrected chi connectivity index (χ0v) is 15.7. The molecule has 0 aliphatic rings. The highest BCUT2D eigenvalue weighted by Gasteiger charge is 2.09. The Morgan fingerprint density at radius 1 is 1.21 bits per heavy atom. The number of aromatic amines is 1. The SMILES string of the molecule is C=CCc1ccccc1OCC#CCNC(=O)c1cc2ccc(OC)cc2[nH]1. The van der Waals surface area contributed by atoms with Gasteiger partial charge in [-0.25, -0.2) is 0 Å². The maximum absolute atomic E-state index is 12.3. The molecule has 0 fully saturated rings. The Balaban J connectivity index is 1.50. The molecule has 1 heterocycles. The van der Waals surface area contributed by atoms with Crippen LogP contribution in [0.25, 0.3) is 10.9 Å². The van der Waals surface area contributed by atoms with E-state index in [1.165, 1.54) is 0 Å². The first-order valence-electron chi connectivity index (χ1n) is 8.93. The molecule has 0 aliphatic carbocycles. The van der Waals surface area contributed by atoms with Crippen LogP contribution in [0.15, 0.2) is 61.2 Å². The molecule has 0 aliphatic heterocycles. The largest absolute Gasteiger partial charge is 0.497 e. The predicted octanol–water partition coefficient (Wildman–Crippen LogP) is 3.72. The van der Waals surface area contributed by atoms with E-state index in [1.54, 1.807) is 13.2 Å². The number of ether oxygens (including phenoxy) is 2. The van der Waals surface area contributed by atoms with Gasteiger partial charge in [0.25, 0.3) is 5.91 Å². The summed E-state index contributed by atoms with van der Waals surface area (Å²) in [4.78, 5) is 15.3. The summed E-state index contributed by atoms with van der Waals surface area (Å²) in [5.41, 5.74) is 2.41. The lowest BCUT2D eigenvalue weighted by Gasteiger charge is -2.07. The minimum Gasteiger partial charge on any atom is -0.497 e. The van der Waals surface area contributed by atoms with Crippen molar-refractivity contribution in [2.45, 2.75) is 6.42 Å². The van der Waals surface area contributed by atoms with Crippen LogP contribution >= 0.6 is 0 Å². The van der Waals surface area contributed by atoms with Gasteiger partial charge in [-0.05, 0) is 36.2 Å². The maximum Gasteiger partial charge on any atom is 0.268 e. The van der Waals surface area contributed by atoms with Gasteiger partial charge in [-0.2, -0.15) is 0 Å². The van der Waals surface area contributed by atoms with Crippen molar-refractivity contribution in [3.05, 3.63) is 72.4 Å². The number of hydrogen-bond acceptors (Lipinski definition) is 3. The molecule has 3 aromatic rings. The number of fused-ring (bicyclic) bond motifs is 1. The lowest BCUT2D eigenvalue weighted by molar-refractivity contribution is 0.0954. The molecule has 1 aromatic heterocycles. The van der Waals surface area contributed by atoms with Crippen LogP contribution in [0.5, 0.6) is 11.5 Å².